The first kappa shape index (κ1) is 32.2. The number of nitrogens with zero attached hydrogens (tertiary/aromatic N) is 7. The van der Waals surface area contributed by atoms with E-state index >= 15 is 0 Å². The van der Waals surface area contributed by atoms with Crippen molar-refractivity contribution < 1.29 is 9.59 Å². The molecule has 6 aromatic rings. The summed E-state index contributed by atoms with van der Waals surface area (Å²) in [5.74, 6) is 2.22. The molecule has 0 aliphatic carbocycles. The third kappa shape index (κ3) is 6.66. The van der Waals surface area contributed by atoms with Gasteiger partial charge in [0.15, 0.2) is 5.82 Å². The molecular formula is C40H39N9O2. The summed E-state index contributed by atoms with van der Waals surface area (Å²) in [6.45, 7) is 3.43. The first-order valence-electron chi connectivity index (χ1n) is 17.6. The Morgan fingerprint density at radius 2 is 1.33 bits per heavy atom. The van der Waals surface area contributed by atoms with E-state index in [1.165, 1.54) is 0 Å². The molecular weight excluding hydrogens is 639 g/mol. The van der Waals surface area contributed by atoms with Gasteiger partial charge in [-0.25, -0.2) is 19.9 Å². The van der Waals surface area contributed by atoms with Crippen molar-refractivity contribution >= 4 is 11.8 Å². The normalized spacial score (nSPS) is 17.9. The Morgan fingerprint density at radius 3 is 2.00 bits per heavy atom. The Labute approximate surface area is 296 Å². The van der Waals surface area contributed by atoms with Gasteiger partial charge in [-0.1, -0.05) is 60.7 Å². The summed E-state index contributed by atoms with van der Waals surface area (Å²) in [5.41, 5.74) is 6.36. The number of pyridine rings is 1. The van der Waals surface area contributed by atoms with Crippen LogP contribution in [0, 0.1) is 0 Å². The van der Waals surface area contributed by atoms with Gasteiger partial charge in [-0.3, -0.25) is 14.6 Å². The number of aromatic amines is 2. The van der Waals surface area contributed by atoms with Crippen LogP contribution in [-0.2, 0) is 16.0 Å². The minimum absolute atomic E-state index is 0.0634. The van der Waals surface area contributed by atoms with Crippen LogP contribution in [0.3, 0.4) is 0 Å². The van der Waals surface area contributed by atoms with E-state index in [9.17, 15) is 9.59 Å². The second kappa shape index (κ2) is 14.1. The maximum absolute atomic E-state index is 13.5. The van der Waals surface area contributed by atoms with Crippen LogP contribution in [-0.4, -0.2) is 69.6 Å². The van der Waals surface area contributed by atoms with Crippen LogP contribution in [0.1, 0.15) is 73.4 Å². The molecule has 2 fully saturated rings. The molecule has 2 aromatic carbocycles. The number of nitrogens with one attached hydrogen (secondary N) is 2. The SMILES string of the molecule is C[C@@H](C(=O)N1CCC[C@H]1c1ncc(-c2ccc(-c3ncc(-c4cnc([C@@H]5CCCN5C(=O)Cc5cccnc5)[nH]4)cn3)cc2)[nH]1)c1ccccc1. The van der Waals surface area contributed by atoms with Crippen molar-refractivity contribution in [3.63, 3.8) is 0 Å². The molecule has 2 aliphatic heterocycles. The highest BCUT2D eigenvalue weighted by Crippen LogP contribution is 2.35. The summed E-state index contributed by atoms with van der Waals surface area (Å²) < 4.78 is 0. The lowest BCUT2D eigenvalue weighted by molar-refractivity contribution is -0.133. The van der Waals surface area contributed by atoms with Gasteiger partial charge in [0.25, 0.3) is 0 Å². The number of rotatable bonds is 9. The van der Waals surface area contributed by atoms with Crippen LogP contribution in [0.2, 0.25) is 0 Å². The predicted octanol–water partition coefficient (Wildman–Crippen LogP) is 6.69. The van der Waals surface area contributed by atoms with Gasteiger partial charge < -0.3 is 19.8 Å². The molecule has 2 N–H and O–H groups in total. The number of benzene rings is 2. The minimum Gasteiger partial charge on any atom is -0.340 e. The molecule has 0 bridgehead atoms. The second-order valence-corrected chi connectivity index (χ2v) is 13.3. The van der Waals surface area contributed by atoms with Crippen LogP contribution in [0.25, 0.3) is 33.9 Å². The third-order valence-electron chi connectivity index (χ3n) is 10.1. The zero-order chi connectivity index (χ0) is 34.7. The van der Waals surface area contributed by atoms with Crippen molar-refractivity contribution in [3.8, 4) is 33.9 Å². The van der Waals surface area contributed by atoms with Crippen molar-refractivity contribution in [2.75, 3.05) is 13.1 Å². The van der Waals surface area contributed by atoms with Crippen molar-refractivity contribution in [1.29, 1.82) is 0 Å². The van der Waals surface area contributed by atoms with E-state index in [4.69, 9.17) is 4.98 Å². The predicted molar refractivity (Wildman–Crippen MR) is 193 cm³/mol. The number of H-pyrrole nitrogens is 2. The van der Waals surface area contributed by atoms with Gasteiger partial charge in [-0.2, -0.15) is 0 Å². The summed E-state index contributed by atoms with van der Waals surface area (Å²) in [4.78, 5) is 60.2. The molecule has 11 nitrogen and oxygen atoms in total. The van der Waals surface area contributed by atoms with Gasteiger partial charge in [0.1, 0.15) is 11.6 Å². The molecule has 0 radical (unpaired) electrons. The fourth-order valence-corrected chi connectivity index (χ4v) is 7.30. The lowest BCUT2D eigenvalue weighted by Gasteiger charge is -2.26. The molecule has 4 aromatic heterocycles. The smallest absolute Gasteiger partial charge is 0.230 e. The Balaban J connectivity index is 0.915. The van der Waals surface area contributed by atoms with Gasteiger partial charge in [0.2, 0.25) is 11.8 Å². The quantitative estimate of drug-likeness (QED) is 0.174. The number of hydrogen-bond donors (Lipinski definition) is 2. The highest BCUT2D eigenvalue weighted by Gasteiger charge is 2.35. The lowest BCUT2D eigenvalue weighted by atomic mass is 9.99. The van der Waals surface area contributed by atoms with Crippen molar-refractivity contribution in [2.24, 2.45) is 0 Å². The molecule has 2 amide bonds. The Kier molecular flexibility index (Phi) is 8.92. The van der Waals surface area contributed by atoms with E-state index in [0.29, 0.717) is 18.8 Å². The van der Waals surface area contributed by atoms with Gasteiger partial charge in [0, 0.05) is 49.0 Å². The molecule has 2 saturated heterocycles. The molecule has 0 saturated carbocycles. The number of aromatic nitrogens is 7. The van der Waals surface area contributed by atoms with Crippen LogP contribution in [0.5, 0.6) is 0 Å². The monoisotopic (exact) mass is 677 g/mol. The molecule has 6 heterocycles. The number of amides is 2. The fraction of sp³-hybridized carbons (Fsp3) is 0.275. The molecule has 2 aliphatic rings. The van der Waals surface area contributed by atoms with E-state index in [1.54, 1.807) is 31.0 Å². The summed E-state index contributed by atoms with van der Waals surface area (Å²) in [6, 6.07) is 21.6. The van der Waals surface area contributed by atoms with Gasteiger partial charge >= 0.3 is 0 Å². The van der Waals surface area contributed by atoms with E-state index < -0.39 is 0 Å². The Hall–Kier alpha value is -5.97. The minimum atomic E-state index is -0.203. The largest absolute Gasteiger partial charge is 0.340 e. The zero-order valence-electron chi connectivity index (χ0n) is 28.4. The van der Waals surface area contributed by atoms with E-state index in [1.807, 2.05) is 89.7 Å². The molecule has 256 valence electrons. The van der Waals surface area contributed by atoms with E-state index in [2.05, 4.69) is 29.9 Å². The van der Waals surface area contributed by atoms with Crippen LogP contribution < -0.4 is 0 Å². The molecule has 11 heteroatoms. The Bertz CT molecular complexity index is 2110. The highest BCUT2D eigenvalue weighted by molar-refractivity contribution is 5.84. The average Bonchev–Trinajstić information content (AvgIpc) is 4.02. The topological polar surface area (TPSA) is 137 Å². The number of imidazole rings is 2. The summed E-state index contributed by atoms with van der Waals surface area (Å²) >= 11 is 0. The molecule has 0 unspecified atom stereocenters. The maximum Gasteiger partial charge on any atom is 0.230 e. The van der Waals surface area contributed by atoms with Gasteiger partial charge in [-0.15, -0.1) is 0 Å². The van der Waals surface area contributed by atoms with Crippen LogP contribution in [0.4, 0.5) is 0 Å². The summed E-state index contributed by atoms with van der Waals surface area (Å²) in [5, 5.41) is 0. The number of likely N-dealkylation sites (tertiary alicyclic amines) is 2. The van der Waals surface area contributed by atoms with E-state index in [0.717, 1.165) is 83.1 Å². The summed E-state index contributed by atoms with van der Waals surface area (Å²) in [6.07, 6.45) is 14.6. The van der Waals surface area contributed by atoms with Crippen molar-refractivity contribution in [3.05, 3.63) is 127 Å². The first-order chi connectivity index (χ1) is 25.0. The Morgan fingerprint density at radius 1 is 0.706 bits per heavy atom. The average molecular weight is 678 g/mol. The number of carbonyl (C=O) groups is 2. The van der Waals surface area contributed by atoms with Crippen molar-refractivity contribution in [1.82, 2.24) is 44.7 Å². The summed E-state index contributed by atoms with van der Waals surface area (Å²) in [7, 11) is 0. The number of hydrogen-bond acceptors (Lipinski definition) is 7. The molecule has 8 rings (SSSR count). The first-order valence-corrected chi connectivity index (χ1v) is 17.6. The molecule has 51 heavy (non-hydrogen) atoms. The molecule has 3 atom stereocenters. The van der Waals surface area contributed by atoms with Gasteiger partial charge in [-0.05, 0) is 55.4 Å². The third-order valence-corrected chi connectivity index (χ3v) is 10.1. The van der Waals surface area contributed by atoms with Crippen LogP contribution in [0.15, 0.2) is 104 Å². The standard InChI is InChI=1S/C40H39N9O2/c1-26(28-9-3-2-4-10-28)40(51)49-19-7-12-35(49)39-44-24-32(46-39)29-13-15-30(16-14-29)37-42-22-31(23-43-37)33-25-45-38(47-33)34-11-6-18-48(34)36(50)20-27-8-5-17-41-21-27/h2-5,8-10,13-17,21-26,34-35H,6-7,11-12,18-20H2,1H3,(H,44,46)(H,45,47)/t26-,34+,35+/m1/s1. The highest BCUT2D eigenvalue weighted by atomic mass is 16.2. The maximum atomic E-state index is 13.5. The van der Waals surface area contributed by atoms with Crippen molar-refractivity contribution in [2.45, 2.75) is 57.0 Å². The van der Waals surface area contributed by atoms with Crippen LogP contribution >= 0.6 is 0 Å². The lowest BCUT2D eigenvalue weighted by Crippen LogP contribution is -2.34. The zero-order valence-corrected chi connectivity index (χ0v) is 28.4. The second-order valence-electron chi connectivity index (χ2n) is 13.3. The number of carbonyl (C=O) groups excluding carboxylic acids is 2. The fourth-order valence-electron chi connectivity index (χ4n) is 7.30. The van der Waals surface area contributed by atoms with E-state index in [-0.39, 0.29) is 29.8 Å². The molecule has 0 spiro atoms. The van der Waals surface area contributed by atoms with Gasteiger partial charge in [0.05, 0.1) is 48.2 Å².